The summed E-state index contributed by atoms with van der Waals surface area (Å²) in [6.45, 7) is 26.2. The summed E-state index contributed by atoms with van der Waals surface area (Å²) in [5.74, 6) is 1.65. The van der Waals surface area contributed by atoms with E-state index < -0.39 is 8.07 Å². The molecule has 73 heavy (non-hydrogen) atoms. The number of fused-ring (bicyclic) bond motifs is 4. The van der Waals surface area contributed by atoms with Crippen molar-refractivity contribution in [1.82, 2.24) is 14.5 Å². The van der Waals surface area contributed by atoms with E-state index in [-0.39, 0.29) is 37.8 Å². The van der Waals surface area contributed by atoms with Gasteiger partial charge in [0, 0.05) is 43.2 Å². The Bertz CT molecular complexity index is 3520. The summed E-state index contributed by atoms with van der Waals surface area (Å²) in [5.41, 5.74) is 16.9. The summed E-state index contributed by atoms with van der Waals surface area (Å²) < 4.78 is 21.9. The first-order valence-corrected chi connectivity index (χ1v) is 29.2. The Morgan fingerprint density at radius 1 is 0.671 bits per heavy atom. The molecule has 0 saturated heterocycles. The number of halogens is 1. The van der Waals surface area contributed by atoms with E-state index in [9.17, 15) is 4.39 Å². The minimum absolute atomic E-state index is 0. The van der Waals surface area contributed by atoms with Gasteiger partial charge in [-0.3, -0.25) is 9.37 Å². The van der Waals surface area contributed by atoms with Crippen molar-refractivity contribution < 1.29 is 28.9 Å². The molecule has 1 aliphatic carbocycles. The summed E-state index contributed by atoms with van der Waals surface area (Å²) in [6.07, 6.45) is 4.23. The monoisotopic (exact) mass is 1160 g/mol. The number of hydrogen-bond acceptors (Lipinski definition) is 3. The van der Waals surface area contributed by atoms with Crippen LogP contribution < -0.4 is 5.19 Å². The standard InChI is InChI=1S/C55H59N2OSi.C11H7FN.Ir/c1-34(2)45-31-40(37-23-26-41(27-24-37)59(9,10)11)32-46(35(3)4)50(45)57-48-18-13-12-17-47(48)56-53(57)44-16-14-15-43-42-28-25-39(33-49(42)58-51(43)44)36-19-21-38(22-20-36)52-54(5,6)29-30-55(52,7)8;12-10-6-4-9(5-7-10)11-3-1-2-8-13-11;/h12-15,17-28,31-35,52H,29-30H2,1-11H3;1-4,6-8H;/q2*-1;. The fraction of sp³-hybridized carbons (Fsp3) is 0.273. The smallest absolute Gasteiger partial charge is 0.121 e. The number of benzene rings is 7. The second-order valence-electron chi connectivity index (χ2n) is 23.0. The molecule has 3 aromatic heterocycles. The molecule has 0 atom stereocenters. The first-order valence-electron chi connectivity index (χ1n) is 25.7. The predicted octanol–water partition coefficient (Wildman–Crippen LogP) is 18.1. The van der Waals surface area contributed by atoms with Gasteiger partial charge in [-0.25, -0.2) is 0 Å². The van der Waals surface area contributed by atoms with Crippen LogP contribution in [0.2, 0.25) is 19.6 Å². The number of rotatable bonds is 9. The van der Waals surface area contributed by atoms with E-state index in [0.29, 0.717) is 16.7 Å². The molecule has 11 rings (SSSR count). The Hall–Kier alpha value is -6.24. The Kier molecular flexibility index (Phi) is 14.3. The van der Waals surface area contributed by atoms with Gasteiger partial charge in [0.05, 0.1) is 30.5 Å². The topological polar surface area (TPSA) is 43.9 Å². The molecule has 0 N–H and O–H groups in total. The van der Waals surface area contributed by atoms with Crippen molar-refractivity contribution in [3.63, 3.8) is 0 Å². The molecule has 1 radical (unpaired) electrons. The second-order valence-corrected chi connectivity index (χ2v) is 28.1. The van der Waals surface area contributed by atoms with Crippen LogP contribution in [0.25, 0.3) is 83.6 Å². The molecule has 0 amide bonds. The van der Waals surface area contributed by atoms with Gasteiger partial charge >= 0.3 is 0 Å². The summed E-state index contributed by atoms with van der Waals surface area (Å²) in [4.78, 5) is 9.52. The molecule has 373 valence electrons. The van der Waals surface area contributed by atoms with Crippen LogP contribution >= 0.6 is 0 Å². The Morgan fingerprint density at radius 2 is 1.30 bits per heavy atom. The SMILES string of the molecule is CC(C)c1cc(-c2ccc([Si](C)(C)C)cc2)cc(C(C)C)c1-n1c(-c2[c-]ccc3c2oc2cc(-c4ccc(C5C(C)(C)CCC5(C)C)cc4)ccc23)nc2ccccc21.Fc1c[c-]c(-c2ccccn2)cc1.[Ir]. The summed E-state index contributed by atoms with van der Waals surface area (Å²) in [6, 6.07) is 59.3. The molecule has 0 bridgehead atoms. The van der Waals surface area contributed by atoms with Gasteiger partial charge in [0.1, 0.15) is 5.58 Å². The maximum atomic E-state index is 12.6. The van der Waals surface area contributed by atoms with E-state index in [1.165, 1.54) is 69.2 Å². The zero-order valence-electron chi connectivity index (χ0n) is 44.1. The van der Waals surface area contributed by atoms with Crippen molar-refractivity contribution in [2.45, 2.75) is 106 Å². The van der Waals surface area contributed by atoms with Gasteiger partial charge in [-0.1, -0.05) is 176 Å². The largest absolute Gasteiger partial charge is 0.501 e. The van der Waals surface area contributed by atoms with Gasteiger partial charge in [0.2, 0.25) is 0 Å². The van der Waals surface area contributed by atoms with Gasteiger partial charge in [0.15, 0.2) is 0 Å². The fourth-order valence-corrected chi connectivity index (χ4v) is 12.7. The molecule has 10 aromatic rings. The van der Waals surface area contributed by atoms with E-state index >= 15 is 0 Å². The van der Waals surface area contributed by atoms with Gasteiger partial charge in [-0.15, -0.1) is 48.0 Å². The molecule has 7 heteroatoms. The van der Waals surface area contributed by atoms with Crippen molar-refractivity contribution in [2.24, 2.45) is 10.8 Å². The van der Waals surface area contributed by atoms with E-state index in [0.717, 1.165) is 61.2 Å². The normalized spacial score (nSPS) is 14.5. The van der Waals surface area contributed by atoms with Crippen LogP contribution in [0.3, 0.4) is 0 Å². The van der Waals surface area contributed by atoms with Crippen LogP contribution in [0.5, 0.6) is 0 Å². The van der Waals surface area contributed by atoms with Crippen LogP contribution in [0.15, 0.2) is 162 Å². The van der Waals surface area contributed by atoms with Crippen molar-refractivity contribution in [1.29, 1.82) is 0 Å². The van der Waals surface area contributed by atoms with E-state index in [2.05, 4.69) is 206 Å². The number of pyridine rings is 1. The number of furan rings is 1. The number of imidazole rings is 1. The number of nitrogens with zero attached hydrogens (tertiary/aromatic N) is 3. The van der Waals surface area contributed by atoms with Gasteiger partial charge < -0.3 is 14.0 Å². The number of aromatic nitrogens is 3. The zero-order chi connectivity index (χ0) is 50.7. The first-order chi connectivity index (χ1) is 34.4. The van der Waals surface area contributed by atoms with Gasteiger partial charge in [-0.2, -0.15) is 0 Å². The van der Waals surface area contributed by atoms with Crippen molar-refractivity contribution >= 4 is 46.2 Å². The Labute approximate surface area is 446 Å². The third-order valence-corrected chi connectivity index (χ3v) is 17.3. The van der Waals surface area contributed by atoms with Crippen LogP contribution in [0, 0.1) is 28.8 Å². The van der Waals surface area contributed by atoms with Crippen molar-refractivity contribution in [3.8, 4) is 50.6 Å². The quantitative estimate of drug-likeness (QED) is 0.107. The van der Waals surface area contributed by atoms with Gasteiger partial charge in [-0.05, 0) is 122 Å². The van der Waals surface area contributed by atoms with Crippen LogP contribution in [0.4, 0.5) is 4.39 Å². The molecule has 0 unspecified atom stereocenters. The minimum atomic E-state index is -1.41. The molecule has 4 nitrogen and oxygen atoms in total. The Morgan fingerprint density at radius 3 is 1.92 bits per heavy atom. The third kappa shape index (κ3) is 10.1. The fourth-order valence-electron chi connectivity index (χ4n) is 11.5. The van der Waals surface area contributed by atoms with Gasteiger partial charge in [0.25, 0.3) is 0 Å². The average molecular weight is 1160 g/mol. The van der Waals surface area contributed by atoms with Crippen molar-refractivity contribution in [3.05, 3.63) is 192 Å². The predicted molar refractivity (Wildman–Crippen MR) is 303 cm³/mol. The van der Waals surface area contributed by atoms with Crippen LogP contribution in [0.1, 0.15) is 103 Å². The summed E-state index contributed by atoms with van der Waals surface area (Å²) in [5, 5.41) is 3.66. The van der Waals surface area contributed by atoms with E-state index in [1.807, 2.05) is 24.3 Å². The maximum absolute atomic E-state index is 12.6. The molecule has 0 spiro atoms. The first kappa shape index (κ1) is 51.7. The molecular weight excluding hydrogens is 1090 g/mol. The maximum Gasteiger partial charge on any atom is 0.121 e. The van der Waals surface area contributed by atoms with E-state index in [4.69, 9.17) is 9.40 Å². The molecule has 1 fully saturated rings. The summed E-state index contributed by atoms with van der Waals surface area (Å²) in [7, 11) is -1.41. The molecule has 1 saturated carbocycles. The number of hydrogen-bond donors (Lipinski definition) is 0. The second kappa shape index (κ2) is 20.2. The minimum Gasteiger partial charge on any atom is -0.501 e. The third-order valence-electron chi connectivity index (χ3n) is 15.2. The Balaban J connectivity index is 0.000000407. The average Bonchev–Trinajstić information content (AvgIpc) is 4.01. The molecular formula is C66H66FIrN3OSi-2. The van der Waals surface area contributed by atoms with Crippen molar-refractivity contribution in [2.75, 3.05) is 0 Å². The molecule has 1 aliphatic rings. The molecule has 0 aliphatic heterocycles. The van der Waals surface area contributed by atoms with Crippen LogP contribution in [-0.2, 0) is 20.1 Å². The number of para-hydroxylation sites is 2. The zero-order valence-corrected chi connectivity index (χ0v) is 47.5. The van der Waals surface area contributed by atoms with Crippen LogP contribution in [-0.4, -0.2) is 22.6 Å². The summed E-state index contributed by atoms with van der Waals surface area (Å²) >= 11 is 0. The van der Waals surface area contributed by atoms with E-state index in [1.54, 1.807) is 12.3 Å². The molecule has 3 heterocycles. The molecule has 7 aromatic carbocycles.